The molecule has 2 nitrogen and oxygen atoms in total. The first kappa shape index (κ1) is 10.6. The first-order valence-electron chi connectivity index (χ1n) is 5.29. The minimum atomic E-state index is -2.49. The van der Waals surface area contributed by atoms with Gasteiger partial charge in [-0.2, -0.15) is 0 Å². The fourth-order valence-electron chi connectivity index (χ4n) is 2.36. The second-order valence-electron chi connectivity index (χ2n) is 4.44. The average molecular weight is 214 g/mol. The summed E-state index contributed by atoms with van der Waals surface area (Å²) in [6.45, 7) is 0.445. The molecule has 0 saturated heterocycles. The lowest BCUT2D eigenvalue weighted by Crippen LogP contribution is -2.41. The van der Waals surface area contributed by atoms with Crippen LogP contribution in [0.15, 0.2) is 18.5 Å². The number of aromatic amines is 1. The second-order valence-corrected chi connectivity index (χ2v) is 4.44. The van der Waals surface area contributed by atoms with Crippen molar-refractivity contribution in [2.75, 3.05) is 6.54 Å². The molecule has 1 aromatic rings. The number of hydrogen-bond acceptors (Lipinski definition) is 1. The highest BCUT2D eigenvalue weighted by Gasteiger charge is 2.43. The van der Waals surface area contributed by atoms with E-state index in [1.54, 1.807) is 0 Å². The summed E-state index contributed by atoms with van der Waals surface area (Å²) in [7, 11) is 0. The van der Waals surface area contributed by atoms with E-state index >= 15 is 0 Å². The minimum absolute atomic E-state index is 0.0463. The third-order valence-electron chi connectivity index (χ3n) is 3.54. The van der Waals surface area contributed by atoms with Gasteiger partial charge in [0.1, 0.15) is 0 Å². The number of H-pyrrole nitrogens is 1. The Bertz CT molecular complexity index is 309. The Hall–Kier alpha value is -0.900. The standard InChI is InChI=1S/C11H16F2N2/c12-11(13)4-2-10(8-14,3-5-11)9-1-6-15-7-9/h1,6-7,15H,2-5,8,14H2. The Balaban J connectivity index is 2.19. The van der Waals surface area contributed by atoms with Crippen LogP contribution in [-0.2, 0) is 5.41 Å². The summed E-state index contributed by atoms with van der Waals surface area (Å²) in [6, 6.07) is 1.94. The molecule has 1 fully saturated rings. The molecule has 15 heavy (non-hydrogen) atoms. The molecular weight excluding hydrogens is 198 g/mol. The van der Waals surface area contributed by atoms with Gasteiger partial charge >= 0.3 is 0 Å². The molecule has 0 atom stereocenters. The van der Waals surface area contributed by atoms with E-state index in [4.69, 9.17) is 5.73 Å². The van der Waals surface area contributed by atoms with E-state index in [-0.39, 0.29) is 18.3 Å². The smallest absolute Gasteiger partial charge is 0.248 e. The molecule has 1 aromatic heterocycles. The number of alkyl halides is 2. The normalized spacial score (nSPS) is 23.9. The second kappa shape index (κ2) is 3.59. The van der Waals surface area contributed by atoms with Crippen LogP contribution in [0.2, 0.25) is 0 Å². The number of aromatic nitrogens is 1. The van der Waals surface area contributed by atoms with Crippen molar-refractivity contribution >= 4 is 0 Å². The van der Waals surface area contributed by atoms with Crippen LogP contribution in [0.3, 0.4) is 0 Å². The van der Waals surface area contributed by atoms with Crippen LogP contribution in [0.5, 0.6) is 0 Å². The molecule has 0 bridgehead atoms. The molecule has 0 aromatic carbocycles. The predicted molar refractivity (Wildman–Crippen MR) is 54.9 cm³/mol. The molecule has 1 heterocycles. The Kier molecular flexibility index (Phi) is 2.54. The van der Waals surface area contributed by atoms with Gasteiger partial charge in [-0.05, 0) is 24.5 Å². The average Bonchev–Trinajstić information content (AvgIpc) is 2.72. The molecule has 0 radical (unpaired) electrons. The summed E-state index contributed by atoms with van der Waals surface area (Å²) in [5.41, 5.74) is 6.59. The van der Waals surface area contributed by atoms with Crippen molar-refractivity contribution in [3.05, 3.63) is 24.0 Å². The number of halogens is 2. The van der Waals surface area contributed by atoms with Crippen molar-refractivity contribution in [2.24, 2.45) is 5.73 Å². The highest BCUT2D eigenvalue weighted by molar-refractivity contribution is 5.24. The molecule has 0 amide bonds. The van der Waals surface area contributed by atoms with Crippen LogP contribution >= 0.6 is 0 Å². The number of nitrogens with two attached hydrogens (primary N) is 1. The molecule has 1 aliphatic carbocycles. The van der Waals surface area contributed by atoms with Gasteiger partial charge < -0.3 is 10.7 Å². The third-order valence-corrected chi connectivity index (χ3v) is 3.54. The fourth-order valence-corrected chi connectivity index (χ4v) is 2.36. The summed E-state index contributed by atoms with van der Waals surface area (Å²) in [6.07, 6.45) is 4.56. The molecule has 3 N–H and O–H groups in total. The van der Waals surface area contributed by atoms with Crippen molar-refractivity contribution in [1.82, 2.24) is 4.98 Å². The molecule has 1 saturated carbocycles. The monoisotopic (exact) mass is 214 g/mol. The van der Waals surface area contributed by atoms with Gasteiger partial charge in [-0.25, -0.2) is 8.78 Å². The highest BCUT2D eigenvalue weighted by Crippen LogP contribution is 2.44. The first-order chi connectivity index (χ1) is 7.08. The summed E-state index contributed by atoms with van der Waals surface area (Å²) >= 11 is 0. The maximum atomic E-state index is 13.1. The van der Waals surface area contributed by atoms with Gasteiger partial charge in [0.25, 0.3) is 0 Å². The van der Waals surface area contributed by atoms with Crippen LogP contribution in [-0.4, -0.2) is 17.5 Å². The molecule has 4 heteroatoms. The van der Waals surface area contributed by atoms with Gasteiger partial charge in [-0.15, -0.1) is 0 Å². The Morgan fingerprint density at radius 2 is 1.93 bits per heavy atom. The maximum Gasteiger partial charge on any atom is 0.248 e. The largest absolute Gasteiger partial charge is 0.367 e. The third kappa shape index (κ3) is 1.91. The lowest BCUT2D eigenvalue weighted by atomic mass is 9.69. The quantitative estimate of drug-likeness (QED) is 0.780. The molecular formula is C11H16F2N2. The Labute approximate surface area is 87.9 Å². The van der Waals surface area contributed by atoms with Gasteiger partial charge in [0, 0.05) is 37.2 Å². The first-order valence-corrected chi connectivity index (χ1v) is 5.29. The number of hydrogen-bond donors (Lipinski definition) is 2. The minimum Gasteiger partial charge on any atom is -0.367 e. The van der Waals surface area contributed by atoms with Crippen molar-refractivity contribution in [1.29, 1.82) is 0 Å². The van der Waals surface area contributed by atoms with Crippen molar-refractivity contribution < 1.29 is 8.78 Å². The van der Waals surface area contributed by atoms with E-state index in [9.17, 15) is 8.78 Å². The predicted octanol–water partition coefficient (Wildman–Crippen LogP) is 2.42. The number of nitrogens with one attached hydrogen (secondary N) is 1. The van der Waals surface area contributed by atoms with Crippen LogP contribution in [0.1, 0.15) is 31.2 Å². The van der Waals surface area contributed by atoms with Gasteiger partial charge in [0.05, 0.1) is 0 Å². The van der Waals surface area contributed by atoms with Crippen LogP contribution in [0, 0.1) is 0 Å². The molecule has 0 aliphatic heterocycles. The lowest BCUT2D eigenvalue weighted by molar-refractivity contribution is -0.0509. The van der Waals surface area contributed by atoms with Gasteiger partial charge in [0.15, 0.2) is 0 Å². The number of rotatable bonds is 2. The zero-order chi connectivity index (χ0) is 10.9. The van der Waals surface area contributed by atoms with E-state index < -0.39 is 5.92 Å². The van der Waals surface area contributed by atoms with Crippen molar-refractivity contribution in [3.8, 4) is 0 Å². The van der Waals surface area contributed by atoms with Crippen LogP contribution in [0.25, 0.3) is 0 Å². The Morgan fingerprint density at radius 1 is 1.27 bits per heavy atom. The summed E-state index contributed by atoms with van der Waals surface area (Å²) in [5.74, 6) is -2.49. The fraction of sp³-hybridized carbons (Fsp3) is 0.636. The lowest BCUT2D eigenvalue weighted by Gasteiger charge is -2.39. The van der Waals surface area contributed by atoms with E-state index in [1.807, 2.05) is 18.5 Å². The molecule has 0 unspecified atom stereocenters. The van der Waals surface area contributed by atoms with E-state index in [0.717, 1.165) is 5.56 Å². The van der Waals surface area contributed by atoms with E-state index in [0.29, 0.717) is 19.4 Å². The zero-order valence-corrected chi connectivity index (χ0v) is 8.60. The SMILES string of the molecule is NCC1(c2cc[nH]c2)CCC(F)(F)CC1. The summed E-state index contributed by atoms with van der Waals surface area (Å²) < 4.78 is 26.2. The van der Waals surface area contributed by atoms with Crippen molar-refractivity contribution in [2.45, 2.75) is 37.0 Å². The Morgan fingerprint density at radius 3 is 2.40 bits per heavy atom. The van der Waals surface area contributed by atoms with Crippen LogP contribution in [0.4, 0.5) is 8.78 Å². The molecule has 1 aliphatic rings. The van der Waals surface area contributed by atoms with Crippen LogP contribution < -0.4 is 5.73 Å². The maximum absolute atomic E-state index is 13.1. The molecule has 84 valence electrons. The van der Waals surface area contributed by atoms with Gasteiger partial charge in [0.2, 0.25) is 5.92 Å². The topological polar surface area (TPSA) is 41.8 Å². The van der Waals surface area contributed by atoms with Gasteiger partial charge in [-0.3, -0.25) is 0 Å². The highest BCUT2D eigenvalue weighted by atomic mass is 19.3. The van der Waals surface area contributed by atoms with E-state index in [2.05, 4.69) is 4.98 Å². The zero-order valence-electron chi connectivity index (χ0n) is 8.60. The summed E-state index contributed by atoms with van der Waals surface area (Å²) in [5, 5.41) is 0. The van der Waals surface area contributed by atoms with Gasteiger partial charge in [-0.1, -0.05) is 0 Å². The summed E-state index contributed by atoms with van der Waals surface area (Å²) in [4.78, 5) is 2.96. The van der Waals surface area contributed by atoms with Crippen molar-refractivity contribution in [3.63, 3.8) is 0 Å². The molecule has 0 spiro atoms. The molecule has 2 rings (SSSR count). The van der Waals surface area contributed by atoms with E-state index in [1.165, 1.54) is 0 Å².